The van der Waals surface area contributed by atoms with E-state index in [0.29, 0.717) is 10.0 Å². The summed E-state index contributed by atoms with van der Waals surface area (Å²) in [4.78, 5) is 12.2. The first-order valence-electron chi connectivity index (χ1n) is 6.68. The smallest absolute Gasteiger partial charge is 0.228 e. The Balaban J connectivity index is 2.13. The Morgan fingerprint density at radius 2 is 1.62 bits per heavy atom. The average molecular weight is 322 g/mol. The minimum absolute atomic E-state index is 0.0663. The number of nitrogens with one attached hydrogen (secondary N) is 1. The Bertz CT molecular complexity index is 672. The van der Waals surface area contributed by atoms with E-state index in [1.54, 1.807) is 12.1 Å². The van der Waals surface area contributed by atoms with Gasteiger partial charge in [-0.05, 0) is 49.6 Å². The molecule has 0 heterocycles. The van der Waals surface area contributed by atoms with Crippen molar-refractivity contribution in [2.75, 3.05) is 5.32 Å². The summed E-state index contributed by atoms with van der Waals surface area (Å²) in [6, 6.07) is 9.35. The number of carbonyl (C=O) groups excluding carboxylic acids is 1. The summed E-state index contributed by atoms with van der Waals surface area (Å²) >= 11 is 11.8. The van der Waals surface area contributed by atoms with Crippen molar-refractivity contribution >= 4 is 34.8 Å². The molecular formula is C17H17Cl2NO. The third kappa shape index (κ3) is 3.99. The third-order valence-electron chi connectivity index (χ3n) is 3.29. The van der Waals surface area contributed by atoms with E-state index in [1.165, 1.54) is 5.56 Å². The zero-order chi connectivity index (χ0) is 15.6. The summed E-state index contributed by atoms with van der Waals surface area (Å²) in [5.74, 6) is -0.0663. The number of rotatable bonds is 3. The van der Waals surface area contributed by atoms with Crippen LogP contribution in [0.1, 0.15) is 22.3 Å². The first-order valence-corrected chi connectivity index (χ1v) is 7.44. The van der Waals surface area contributed by atoms with E-state index in [1.807, 2.05) is 26.8 Å². The van der Waals surface area contributed by atoms with Crippen LogP contribution >= 0.6 is 23.2 Å². The van der Waals surface area contributed by atoms with Crippen molar-refractivity contribution in [3.05, 3.63) is 62.6 Å². The molecule has 21 heavy (non-hydrogen) atoms. The van der Waals surface area contributed by atoms with Crippen molar-refractivity contribution in [2.24, 2.45) is 0 Å². The van der Waals surface area contributed by atoms with Crippen molar-refractivity contribution in [3.8, 4) is 0 Å². The second kappa shape index (κ2) is 6.50. The van der Waals surface area contributed by atoms with Crippen LogP contribution in [0, 0.1) is 20.8 Å². The molecule has 0 atom stereocenters. The molecule has 2 rings (SSSR count). The lowest BCUT2D eigenvalue weighted by atomic mass is 10.0. The Morgan fingerprint density at radius 1 is 1.00 bits per heavy atom. The maximum atomic E-state index is 12.2. The molecule has 0 saturated carbocycles. The van der Waals surface area contributed by atoms with E-state index >= 15 is 0 Å². The molecule has 4 heteroatoms. The van der Waals surface area contributed by atoms with Crippen LogP contribution in [0.3, 0.4) is 0 Å². The van der Waals surface area contributed by atoms with Crippen LogP contribution in [-0.4, -0.2) is 5.91 Å². The molecular weight excluding hydrogens is 305 g/mol. The molecule has 0 spiro atoms. The van der Waals surface area contributed by atoms with E-state index in [0.717, 1.165) is 22.4 Å². The van der Waals surface area contributed by atoms with Gasteiger partial charge in [0.2, 0.25) is 5.91 Å². The zero-order valence-electron chi connectivity index (χ0n) is 12.3. The molecule has 0 aliphatic carbocycles. The summed E-state index contributed by atoms with van der Waals surface area (Å²) in [5, 5.41) is 3.93. The Labute approximate surface area is 135 Å². The second-order valence-electron chi connectivity index (χ2n) is 5.25. The number of anilines is 1. The molecule has 2 aromatic rings. The fraction of sp³-hybridized carbons (Fsp3) is 0.235. The molecule has 0 aliphatic rings. The van der Waals surface area contributed by atoms with Crippen molar-refractivity contribution in [2.45, 2.75) is 27.2 Å². The summed E-state index contributed by atoms with van der Waals surface area (Å²) in [7, 11) is 0. The number of amides is 1. The molecule has 0 saturated heterocycles. The van der Waals surface area contributed by atoms with Gasteiger partial charge < -0.3 is 5.32 Å². The van der Waals surface area contributed by atoms with Crippen LogP contribution in [0.2, 0.25) is 10.0 Å². The molecule has 0 fully saturated rings. The first-order chi connectivity index (χ1) is 9.86. The molecule has 0 bridgehead atoms. The van der Waals surface area contributed by atoms with Gasteiger partial charge >= 0.3 is 0 Å². The molecule has 1 N–H and O–H groups in total. The summed E-state index contributed by atoms with van der Waals surface area (Å²) in [6.07, 6.45) is 0.268. The van der Waals surface area contributed by atoms with Gasteiger partial charge in [0.25, 0.3) is 0 Å². The molecule has 0 aliphatic heterocycles. The van der Waals surface area contributed by atoms with E-state index in [4.69, 9.17) is 23.2 Å². The minimum Gasteiger partial charge on any atom is -0.325 e. The number of carbonyl (C=O) groups is 1. The Hall–Kier alpha value is -1.51. The molecule has 2 nitrogen and oxygen atoms in total. The molecule has 2 aromatic carbocycles. The van der Waals surface area contributed by atoms with Gasteiger partial charge in [0.05, 0.1) is 16.5 Å². The molecule has 0 radical (unpaired) electrons. The highest BCUT2D eigenvalue weighted by Crippen LogP contribution is 2.24. The number of benzene rings is 2. The van der Waals surface area contributed by atoms with Gasteiger partial charge in [0.15, 0.2) is 0 Å². The Morgan fingerprint density at radius 3 is 2.19 bits per heavy atom. The van der Waals surface area contributed by atoms with Gasteiger partial charge in [-0.15, -0.1) is 0 Å². The van der Waals surface area contributed by atoms with E-state index in [-0.39, 0.29) is 12.3 Å². The normalized spacial score (nSPS) is 10.5. The fourth-order valence-electron chi connectivity index (χ4n) is 2.40. The minimum atomic E-state index is -0.0663. The zero-order valence-corrected chi connectivity index (χ0v) is 13.8. The maximum Gasteiger partial charge on any atom is 0.228 e. The summed E-state index contributed by atoms with van der Waals surface area (Å²) in [5.41, 5.74) is 5.03. The Kier molecular flexibility index (Phi) is 4.92. The molecule has 0 aromatic heterocycles. The predicted octanol–water partition coefficient (Wildman–Crippen LogP) is 5.10. The van der Waals surface area contributed by atoms with E-state index < -0.39 is 0 Å². The quantitative estimate of drug-likeness (QED) is 0.837. The van der Waals surface area contributed by atoms with Crippen LogP contribution < -0.4 is 5.32 Å². The van der Waals surface area contributed by atoms with Gasteiger partial charge in [0, 0.05) is 5.69 Å². The summed E-state index contributed by atoms with van der Waals surface area (Å²) in [6.45, 7) is 6.03. The largest absolute Gasteiger partial charge is 0.325 e. The van der Waals surface area contributed by atoms with Gasteiger partial charge in [0.1, 0.15) is 0 Å². The monoisotopic (exact) mass is 321 g/mol. The number of aryl methyl sites for hydroxylation is 3. The van der Waals surface area contributed by atoms with Gasteiger partial charge in [-0.1, -0.05) is 47.0 Å². The standard InChI is InChI=1S/C17H17Cl2NO/c1-10-6-11(2)17(12(3)7-10)20-16(21)9-13-4-5-14(18)15(19)8-13/h4-8H,9H2,1-3H3,(H,20,21). The second-order valence-corrected chi connectivity index (χ2v) is 6.06. The predicted molar refractivity (Wildman–Crippen MR) is 89.4 cm³/mol. The molecule has 110 valence electrons. The van der Waals surface area contributed by atoms with Crippen LogP contribution in [-0.2, 0) is 11.2 Å². The van der Waals surface area contributed by atoms with Crippen molar-refractivity contribution in [1.29, 1.82) is 0 Å². The SMILES string of the molecule is Cc1cc(C)c(NC(=O)Cc2ccc(Cl)c(Cl)c2)c(C)c1. The van der Waals surface area contributed by atoms with Gasteiger partial charge in [-0.2, -0.15) is 0 Å². The number of hydrogen-bond acceptors (Lipinski definition) is 1. The highest BCUT2D eigenvalue weighted by Gasteiger charge is 2.10. The maximum absolute atomic E-state index is 12.2. The van der Waals surface area contributed by atoms with Crippen LogP contribution in [0.15, 0.2) is 30.3 Å². The van der Waals surface area contributed by atoms with E-state index in [9.17, 15) is 4.79 Å². The fourth-order valence-corrected chi connectivity index (χ4v) is 2.72. The van der Waals surface area contributed by atoms with Gasteiger partial charge in [-0.25, -0.2) is 0 Å². The lowest BCUT2D eigenvalue weighted by Gasteiger charge is -2.13. The van der Waals surface area contributed by atoms with E-state index in [2.05, 4.69) is 17.4 Å². The van der Waals surface area contributed by atoms with Crippen LogP contribution in [0.5, 0.6) is 0 Å². The number of hydrogen-bond donors (Lipinski definition) is 1. The molecule has 1 amide bonds. The first kappa shape index (κ1) is 15.9. The van der Waals surface area contributed by atoms with Gasteiger partial charge in [-0.3, -0.25) is 4.79 Å². The number of halogens is 2. The topological polar surface area (TPSA) is 29.1 Å². The third-order valence-corrected chi connectivity index (χ3v) is 4.03. The molecule has 0 unspecified atom stereocenters. The van der Waals surface area contributed by atoms with Crippen molar-refractivity contribution in [1.82, 2.24) is 0 Å². The highest BCUT2D eigenvalue weighted by atomic mass is 35.5. The lowest BCUT2D eigenvalue weighted by molar-refractivity contribution is -0.115. The van der Waals surface area contributed by atoms with Crippen LogP contribution in [0.25, 0.3) is 0 Å². The lowest BCUT2D eigenvalue weighted by Crippen LogP contribution is -2.16. The van der Waals surface area contributed by atoms with Crippen LogP contribution in [0.4, 0.5) is 5.69 Å². The highest BCUT2D eigenvalue weighted by molar-refractivity contribution is 6.42. The van der Waals surface area contributed by atoms with Crippen molar-refractivity contribution < 1.29 is 4.79 Å². The van der Waals surface area contributed by atoms with Crippen molar-refractivity contribution in [3.63, 3.8) is 0 Å². The summed E-state index contributed by atoms with van der Waals surface area (Å²) < 4.78 is 0. The average Bonchev–Trinajstić information content (AvgIpc) is 2.38.